The van der Waals surface area contributed by atoms with Gasteiger partial charge in [0.15, 0.2) is 0 Å². The van der Waals surface area contributed by atoms with Crippen LogP contribution in [0.1, 0.15) is 38.3 Å². The zero-order chi connectivity index (χ0) is 15.5. The second-order valence-corrected chi connectivity index (χ2v) is 6.00. The molecule has 1 aliphatic rings. The number of aryl methyl sites for hydroxylation is 1. The first kappa shape index (κ1) is 15.5. The lowest BCUT2D eigenvalue weighted by atomic mass is 9.71. The van der Waals surface area contributed by atoms with Gasteiger partial charge in [0.25, 0.3) is 0 Å². The molecule has 0 radical (unpaired) electrons. The first-order valence-corrected chi connectivity index (χ1v) is 7.32. The predicted molar refractivity (Wildman–Crippen MR) is 79.5 cm³/mol. The molecule has 1 aromatic heterocycles. The fraction of sp³-hybridized carbons (Fsp3) is 0.667. The lowest BCUT2D eigenvalue weighted by Crippen LogP contribution is -2.41. The summed E-state index contributed by atoms with van der Waals surface area (Å²) >= 11 is 0. The smallest absolute Gasteiger partial charge is 0.311 e. The van der Waals surface area contributed by atoms with E-state index in [1.807, 2.05) is 6.92 Å². The van der Waals surface area contributed by atoms with Crippen molar-refractivity contribution in [2.24, 2.45) is 11.3 Å². The molecule has 1 aliphatic carbocycles. The Bertz CT molecular complexity index is 511. The van der Waals surface area contributed by atoms with Crippen LogP contribution in [0.5, 0.6) is 5.88 Å². The van der Waals surface area contributed by atoms with E-state index < -0.39 is 11.4 Å². The molecule has 0 amide bonds. The highest BCUT2D eigenvalue weighted by molar-refractivity contribution is 5.75. The molecular formula is C15H23N3O3. The molecule has 1 saturated carbocycles. The van der Waals surface area contributed by atoms with Gasteiger partial charge in [-0.3, -0.25) is 4.79 Å². The minimum absolute atomic E-state index is 0.349. The summed E-state index contributed by atoms with van der Waals surface area (Å²) in [6, 6.07) is 1.74. The van der Waals surface area contributed by atoms with E-state index in [-0.39, 0.29) is 0 Å². The maximum absolute atomic E-state index is 11.7. The number of nitrogens with zero attached hydrogens (tertiary/aromatic N) is 2. The maximum atomic E-state index is 11.7. The molecule has 1 aromatic rings. The van der Waals surface area contributed by atoms with Gasteiger partial charge in [0.2, 0.25) is 11.8 Å². The van der Waals surface area contributed by atoms with Crippen LogP contribution in [0.15, 0.2) is 6.07 Å². The number of carboxylic acids is 1. The predicted octanol–water partition coefficient (Wildman–Crippen LogP) is 2.49. The van der Waals surface area contributed by atoms with Crippen molar-refractivity contribution in [3.05, 3.63) is 11.8 Å². The zero-order valence-corrected chi connectivity index (χ0v) is 12.8. The number of nitrogens with one attached hydrogen (secondary N) is 1. The van der Waals surface area contributed by atoms with E-state index in [0.29, 0.717) is 37.1 Å². The van der Waals surface area contributed by atoms with Crippen LogP contribution in [-0.4, -0.2) is 34.7 Å². The van der Waals surface area contributed by atoms with Crippen LogP contribution in [-0.2, 0) is 4.79 Å². The molecule has 0 atom stereocenters. The van der Waals surface area contributed by atoms with Gasteiger partial charge in [-0.1, -0.05) is 6.92 Å². The molecule has 6 nitrogen and oxygen atoms in total. The number of rotatable bonds is 5. The molecule has 0 aliphatic heterocycles. The lowest BCUT2D eigenvalue weighted by molar-refractivity contribution is -0.150. The van der Waals surface area contributed by atoms with Gasteiger partial charge in [-0.2, -0.15) is 4.98 Å². The summed E-state index contributed by atoms with van der Waals surface area (Å²) in [4.78, 5) is 20.2. The van der Waals surface area contributed by atoms with Crippen LogP contribution in [0.2, 0.25) is 0 Å². The Morgan fingerprint density at radius 2 is 2.14 bits per heavy atom. The Morgan fingerprint density at radius 1 is 1.48 bits per heavy atom. The minimum atomic E-state index is -0.735. The van der Waals surface area contributed by atoms with E-state index in [4.69, 9.17) is 4.74 Å². The summed E-state index contributed by atoms with van der Waals surface area (Å²) < 4.78 is 5.11. The van der Waals surface area contributed by atoms with Crippen LogP contribution in [0.3, 0.4) is 0 Å². The van der Waals surface area contributed by atoms with Crippen molar-refractivity contribution < 1.29 is 14.6 Å². The van der Waals surface area contributed by atoms with Crippen molar-refractivity contribution in [1.82, 2.24) is 9.97 Å². The fourth-order valence-electron chi connectivity index (χ4n) is 2.75. The standard InChI is InChI=1S/C15H23N3O3/c1-10-4-6-15(7-5-10,13(19)20)9-16-14-17-11(2)8-12(18-14)21-3/h8,10H,4-7,9H2,1-3H3,(H,19,20)(H,16,17,18). The molecule has 116 valence electrons. The third-order valence-corrected chi connectivity index (χ3v) is 4.31. The third kappa shape index (κ3) is 3.62. The van der Waals surface area contributed by atoms with Crippen molar-refractivity contribution >= 4 is 11.9 Å². The summed E-state index contributed by atoms with van der Waals surface area (Å²) in [6.45, 7) is 4.38. The summed E-state index contributed by atoms with van der Waals surface area (Å²) in [5.41, 5.74) is 0.0679. The lowest BCUT2D eigenvalue weighted by Gasteiger charge is -2.35. The highest BCUT2D eigenvalue weighted by Crippen LogP contribution is 2.39. The van der Waals surface area contributed by atoms with E-state index in [1.165, 1.54) is 0 Å². The summed E-state index contributed by atoms with van der Waals surface area (Å²) in [5, 5.41) is 12.7. The summed E-state index contributed by atoms with van der Waals surface area (Å²) in [5.74, 6) is 0.770. The topological polar surface area (TPSA) is 84.3 Å². The van der Waals surface area contributed by atoms with Gasteiger partial charge in [-0.15, -0.1) is 0 Å². The number of hydrogen-bond acceptors (Lipinski definition) is 5. The quantitative estimate of drug-likeness (QED) is 0.867. The number of aliphatic carboxylic acids is 1. The summed E-state index contributed by atoms with van der Waals surface area (Å²) in [7, 11) is 1.55. The fourth-order valence-corrected chi connectivity index (χ4v) is 2.75. The van der Waals surface area contributed by atoms with Crippen molar-refractivity contribution in [1.29, 1.82) is 0 Å². The molecular weight excluding hydrogens is 270 g/mol. The van der Waals surface area contributed by atoms with Crippen LogP contribution < -0.4 is 10.1 Å². The van der Waals surface area contributed by atoms with Crippen molar-refractivity contribution in [2.75, 3.05) is 19.0 Å². The average molecular weight is 293 g/mol. The number of carboxylic acid groups (broad SMARTS) is 1. The number of aromatic nitrogens is 2. The van der Waals surface area contributed by atoms with E-state index >= 15 is 0 Å². The molecule has 0 spiro atoms. The zero-order valence-electron chi connectivity index (χ0n) is 12.8. The van der Waals surface area contributed by atoms with Gasteiger partial charge in [0.05, 0.1) is 12.5 Å². The largest absolute Gasteiger partial charge is 0.481 e. The highest BCUT2D eigenvalue weighted by atomic mass is 16.5. The highest BCUT2D eigenvalue weighted by Gasteiger charge is 2.41. The molecule has 0 bridgehead atoms. The third-order valence-electron chi connectivity index (χ3n) is 4.31. The van der Waals surface area contributed by atoms with E-state index in [9.17, 15) is 9.90 Å². The molecule has 1 fully saturated rings. The van der Waals surface area contributed by atoms with Gasteiger partial charge >= 0.3 is 5.97 Å². The Morgan fingerprint density at radius 3 is 2.71 bits per heavy atom. The second kappa shape index (κ2) is 6.28. The molecule has 2 N–H and O–H groups in total. The van der Waals surface area contributed by atoms with Gasteiger partial charge < -0.3 is 15.2 Å². The number of methoxy groups -OCH3 is 1. The Labute approximate surface area is 124 Å². The molecule has 0 saturated heterocycles. The minimum Gasteiger partial charge on any atom is -0.481 e. The van der Waals surface area contributed by atoms with Crippen molar-refractivity contribution in [3.63, 3.8) is 0 Å². The number of carbonyl (C=O) groups is 1. The molecule has 2 rings (SSSR count). The number of ether oxygens (including phenoxy) is 1. The molecule has 6 heteroatoms. The molecule has 0 aromatic carbocycles. The van der Waals surface area contributed by atoms with Crippen LogP contribution in [0, 0.1) is 18.3 Å². The van der Waals surface area contributed by atoms with E-state index in [2.05, 4.69) is 22.2 Å². The first-order valence-electron chi connectivity index (χ1n) is 7.32. The average Bonchev–Trinajstić information content (AvgIpc) is 2.46. The van der Waals surface area contributed by atoms with Gasteiger partial charge in [0.1, 0.15) is 0 Å². The monoisotopic (exact) mass is 293 g/mol. The number of anilines is 1. The van der Waals surface area contributed by atoms with E-state index in [1.54, 1.807) is 13.2 Å². The van der Waals surface area contributed by atoms with E-state index in [0.717, 1.165) is 18.5 Å². The van der Waals surface area contributed by atoms with Crippen LogP contribution in [0.25, 0.3) is 0 Å². The van der Waals surface area contributed by atoms with Gasteiger partial charge in [-0.25, -0.2) is 4.98 Å². The SMILES string of the molecule is COc1cc(C)nc(NCC2(C(=O)O)CCC(C)CC2)n1. The Hall–Kier alpha value is -1.85. The Kier molecular flexibility index (Phi) is 4.65. The van der Waals surface area contributed by atoms with Crippen molar-refractivity contribution in [2.45, 2.75) is 39.5 Å². The van der Waals surface area contributed by atoms with Crippen LogP contribution in [0.4, 0.5) is 5.95 Å². The molecule has 1 heterocycles. The van der Waals surface area contributed by atoms with Gasteiger partial charge in [0, 0.05) is 18.3 Å². The van der Waals surface area contributed by atoms with Crippen LogP contribution >= 0.6 is 0 Å². The molecule has 0 unspecified atom stereocenters. The first-order chi connectivity index (χ1) is 9.95. The second-order valence-electron chi connectivity index (χ2n) is 6.00. The summed E-state index contributed by atoms with van der Waals surface area (Å²) in [6.07, 6.45) is 3.29. The Balaban J connectivity index is 2.09. The molecule has 21 heavy (non-hydrogen) atoms. The van der Waals surface area contributed by atoms with Crippen molar-refractivity contribution in [3.8, 4) is 5.88 Å². The maximum Gasteiger partial charge on any atom is 0.311 e. The normalized spacial score (nSPS) is 25.4. The number of hydrogen-bond donors (Lipinski definition) is 2. The van der Waals surface area contributed by atoms with Gasteiger partial charge in [-0.05, 0) is 38.5 Å².